The first kappa shape index (κ1) is 15.5. The summed E-state index contributed by atoms with van der Waals surface area (Å²) in [5, 5.41) is 3.29. The van der Waals surface area contributed by atoms with E-state index in [-0.39, 0.29) is 23.7 Å². The molecule has 2 atom stereocenters. The second-order valence-electron chi connectivity index (χ2n) is 4.82. The van der Waals surface area contributed by atoms with E-state index < -0.39 is 0 Å². The van der Waals surface area contributed by atoms with Gasteiger partial charge in [-0.05, 0) is 34.9 Å². The maximum atomic E-state index is 11.9. The molecule has 0 aromatic heterocycles. The molecule has 0 saturated heterocycles. The molecule has 0 bridgehead atoms. The van der Waals surface area contributed by atoms with Gasteiger partial charge in [0.1, 0.15) is 0 Å². The Bertz CT molecular complexity index is 376. The van der Waals surface area contributed by atoms with Crippen molar-refractivity contribution >= 4 is 34.3 Å². The zero-order valence-electron chi connectivity index (χ0n) is 11.2. The standard InChI is InChI=1S/C13H20INO3/c1-5-10(16)8-6-9(13(17)18-4)11(7(2)3)15-12(8)14/h7,9,11,15H,5-6H2,1-4H3/t9-,11-/m0/s1. The van der Waals surface area contributed by atoms with Gasteiger partial charge in [-0.15, -0.1) is 0 Å². The number of rotatable bonds is 4. The van der Waals surface area contributed by atoms with Gasteiger partial charge in [0, 0.05) is 18.0 Å². The summed E-state index contributed by atoms with van der Waals surface area (Å²) in [4.78, 5) is 23.7. The highest BCUT2D eigenvalue weighted by molar-refractivity contribution is 14.1. The first-order valence-corrected chi connectivity index (χ1v) is 7.26. The van der Waals surface area contributed by atoms with Crippen LogP contribution in [0.4, 0.5) is 0 Å². The highest BCUT2D eigenvalue weighted by atomic mass is 127. The van der Waals surface area contributed by atoms with E-state index in [1.807, 2.05) is 6.92 Å². The number of Topliss-reactive ketones (excluding diaryl/α,β-unsaturated/α-hetero) is 1. The molecule has 1 rings (SSSR count). The molecule has 18 heavy (non-hydrogen) atoms. The average molecular weight is 365 g/mol. The molecular weight excluding hydrogens is 345 g/mol. The van der Waals surface area contributed by atoms with Gasteiger partial charge in [0.15, 0.2) is 5.78 Å². The van der Waals surface area contributed by atoms with E-state index in [1.54, 1.807) is 0 Å². The van der Waals surface area contributed by atoms with E-state index in [4.69, 9.17) is 4.74 Å². The summed E-state index contributed by atoms with van der Waals surface area (Å²) in [6.07, 6.45) is 0.942. The fourth-order valence-corrected chi connectivity index (χ4v) is 3.11. The van der Waals surface area contributed by atoms with Crippen LogP contribution in [-0.2, 0) is 14.3 Å². The summed E-state index contributed by atoms with van der Waals surface area (Å²) in [6.45, 7) is 5.95. The number of halogens is 1. The first-order chi connectivity index (χ1) is 8.42. The molecule has 0 fully saturated rings. The lowest BCUT2D eigenvalue weighted by Gasteiger charge is -2.35. The van der Waals surface area contributed by atoms with Crippen LogP contribution in [0.25, 0.3) is 0 Å². The summed E-state index contributed by atoms with van der Waals surface area (Å²) >= 11 is 2.15. The maximum absolute atomic E-state index is 11.9. The zero-order valence-corrected chi connectivity index (χ0v) is 13.4. The first-order valence-electron chi connectivity index (χ1n) is 6.18. The van der Waals surface area contributed by atoms with Crippen LogP contribution in [0.2, 0.25) is 0 Å². The number of carbonyl (C=O) groups is 2. The van der Waals surface area contributed by atoms with Crippen LogP contribution in [0.15, 0.2) is 9.28 Å². The zero-order chi connectivity index (χ0) is 13.9. The minimum absolute atomic E-state index is 0.0257. The van der Waals surface area contributed by atoms with Gasteiger partial charge in [0.05, 0.1) is 16.7 Å². The summed E-state index contributed by atoms with van der Waals surface area (Å²) in [6, 6.07) is 0.0257. The Morgan fingerprint density at radius 3 is 2.56 bits per heavy atom. The molecular formula is C13H20INO3. The number of hydrogen-bond donors (Lipinski definition) is 1. The Morgan fingerprint density at radius 2 is 2.11 bits per heavy atom. The quantitative estimate of drug-likeness (QED) is 0.472. The lowest BCUT2D eigenvalue weighted by Crippen LogP contribution is -2.47. The largest absolute Gasteiger partial charge is 0.469 e. The van der Waals surface area contributed by atoms with Crippen molar-refractivity contribution in [3.8, 4) is 0 Å². The number of allylic oxidation sites excluding steroid dienone is 1. The molecule has 0 spiro atoms. The van der Waals surface area contributed by atoms with Gasteiger partial charge in [-0.3, -0.25) is 9.59 Å². The lowest BCUT2D eigenvalue weighted by molar-refractivity contribution is -0.147. The maximum Gasteiger partial charge on any atom is 0.311 e. The summed E-state index contributed by atoms with van der Waals surface area (Å²) in [5.74, 6) is -0.120. The van der Waals surface area contributed by atoms with E-state index in [0.717, 1.165) is 9.28 Å². The van der Waals surface area contributed by atoms with E-state index in [1.165, 1.54) is 7.11 Å². The molecule has 0 saturated carbocycles. The van der Waals surface area contributed by atoms with Crippen molar-refractivity contribution in [1.82, 2.24) is 5.32 Å². The van der Waals surface area contributed by atoms with Gasteiger partial charge < -0.3 is 10.1 Å². The van der Waals surface area contributed by atoms with E-state index in [0.29, 0.717) is 18.8 Å². The van der Waals surface area contributed by atoms with Gasteiger partial charge in [-0.25, -0.2) is 0 Å². The minimum Gasteiger partial charge on any atom is -0.469 e. The normalized spacial score (nSPS) is 23.9. The Kier molecular flexibility index (Phi) is 5.62. The SMILES string of the molecule is CCC(=O)C1=C(I)N[C@@H](C(C)C)[C@@H](C(=O)OC)C1. The van der Waals surface area contributed by atoms with Gasteiger partial charge in [0.25, 0.3) is 0 Å². The molecule has 0 aromatic carbocycles. The fraction of sp³-hybridized carbons (Fsp3) is 0.692. The summed E-state index contributed by atoms with van der Waals surface area (Å²) in [7, 11) is 1.39. The van der Waals surface area contributed by atoms with Crippen LogP contribution in [0.3, 0.4) is 0 Å². The molecule has 5 heteroatoms. The van der Waals surface area contributed by atoms with Gasteiger partial charge in [-0.2, -0.15) is 0 Å². The van der Waals surface area contributed by atoms with Crippen molar-refractivity contribution in [2.24, 2.45) is 11.8 Å². The van der Waals surface area contributed by atoms with Crippen LogP contribution in [0, 0.1) is 11.8 Å². The third-order valence-electron chi connectivity index (χ3n) is 3.30. The highest BCUT2D eigenvalue weighted by Gasteiger charge is 2.37. The molecule has 1 heterocycles. The third kappa shape index (κ3) is 3.24. The van der Waals surface area contributed by atoms with Crippen LogP contribution < -0.4 is 5.32 Å². The Hall–Kier alpha value is -0.590. The van der Waals surface area contributed by atoms with E-state index in [2.05, 4.69) is 41.8 Å². The van der Waals surface area contributed by atoms with Gasteiger partial charge in [-0.1, -0.05) is 20.8 Å². The minimum atomic E-state index is -0.279. The van der Waals surface area contributed by atoms with Gasteiger partial charge in [0.2, 0.25) is 0 Å². The smallest absolute Gasteiger partial charge is 0.311 e. The summed E-state index contributed by atoms with van der Waals surface area (Å²) in [5.41, 5.74) is 0.727. The topological polar surface area (TPSA) is 55.4 Å². The lowest BCUT2D eigenvalue weighted by atomic mass is 9.82. The van der Waals surface area contributed by atoms with E-state index in [9.17, 15) is 9.59 Å². The van der Waals surface area contributed by atoms with Gasteiger partial charge >= 0.3 is 5.97 Å². The molecule has 1 aliphatic rings. The van der Waals surface area contributed by atoms with Crippen molar-refractivity contribution in [2.45, 2.75) is 39.7 Å². The number of nitrogens with one attached hydrogen (secondary N) is 1. The molecule has 4 nitrogen and oxygen atoms in total. The van der Waals surface area contributed by atoms with Crippen molar-refractivity contribution in [3.05, 3.63) is 9.28 Å². The molecule has 0 amide bonds. The predicted molar refractivity (Wildman–Crippen MR) is 78.2 cm³/mol. The molecule has 0 radical (unpaired) electrons. The molecule has 102 valence electrons. The predicted octanol–water partition coefficient (Wildman–Crippen LogP) is 2.42. The van der Waals surface area contributed by atoms with Crippen molar-refractivity contribution < 1.29 is 14.3 Å². The molecule has 1 aliphatic heterocycles. The molecule has 0 aliphatic carbocycles. The Morgan fingerprint density at radius 1 is 1.50 bits per heavy atom. The second-order valence-corrected chi connectivity index (χ2v) is 5.90. The number of carbonyl (C=O) groups excluding carboxylic acids is 2. The average Bonchev–Trinajstić information content (AvgIpc) is 2.36. The number of ketones is 1. The van der Waals surface area contributed by atoms with Crippen LogP contribution in [-0.4, -0.2) is 24.9 Å². The number of esters is 1. The van der Waals surface area contributed by atoms with E-state index >= 15 is 0 Å². The highest BCUT2D eigenvalue weighted by Crippen LogP contribution is 2.32. The second kappa shape index (κ2) is 6.54. The van der Waals surface area contributed by atoms with Crippen LogP contribution >= 0.6 is 22.6 Å². The molecule has 0 unspecified atom stereocenters. The number of hydrogen-bond acceptors (Lipinski definition) is 4. The van der Waals surface area contributed by atoms with Crippen molar-refractivity contribution in [1.29, 1.82) is 0 Å². The number of ether oxygens (including phenoxy) is 1. The van der Waals surface area contributed by atoms with Crippen molar-refractivity contribution in [3.63, 3.8) is 0 Å². The Balaban J connectivity index is 3.04. The molecule has 1 N–H and O–H groups in total. The Labute approximate surface area is 122 Å². The molecule has 0 aromatic rings. The van der Waals surface area contributed by atoms with Crippen LogP contribution in [0.1, 0.15) is 33.6 Å². The fourth-order valence-electron chi connectivity index (χ4n) is 2.23. The van der Waals surface area contributed by atoms with Crippen molar-refractivity contribution in [2.75, 3.05) is 7.11 Å². The van der Waals surface area contributed by atoms with Crippen LogP contribution in [0.5, 0.6) is 0 Å². The number of methoxy groups -OCH3 is 1. The third-order valence-corrected chi connectivity index (χ3v) is 4.26. The monoisotopic (exact) mass is 365 g/mol. The summed E-state index contributed by atoms with van der Waals surface area (Å²) < 4.78 is 5.73.